The minimum absolute atomic E-state index is 0.0948. The third kappa shape index (κ3) is 5.17. The highest BCUT2D eigenvalue weighted by atomic mass is 16.2. The molecule has 0 radical (unpaired) electrons. The van der Waals surface area contributed by atoms with Gasteiger partial charge in [-0.1, -0.05) is 12.8 Å². The van der Waals surface area contributed by atoms with Gasteiger partial charge in [0, 0.05) is 12.8 Å². The summed E-state index contributed by atoms with van der Waals surface area (Å²) in [5.74, 6) is -0.159. The number of nitriles is 1. The predicted molar refractivity (Wildman–Crippen MR) is 67.2 cm³/mol. The molecule has 100 valence electrons. The fraction of sp³-hybridized carbons (Fsp3) is 0.769. The van der Waals surface area contributed by atoms with Gasteiger partial charge in [0.05, 0.1) is 6.07 Å². The first-order valence-electron chi connectivity index (χ1n) is 6.59. The fourth-order valence-corrected chi connectivity index (χ4v) is 2.40. The molecule has 0 aliphatic heterocycles. The van der Waals surface area contributed by atoms with Crippen LogP contribution in [0.3, 0.4) is 0 Å². The lowest BCUT2D eigenvalue weighted by atomic mass is 10.0. The number of carbonyl (C=O) groups is 2. The van der Waals surface area contributed by atoms with Crippen LogP contribution in [0.4, 0.5) is 0 Å². The number of hydrogen-bond acceptors (Lipinski definition) is 3. The van der Waals surface area contributed by atoms with Gasteiger partial charge in [0.2, 0.25) is 11.8 Å². The zero-order valence-electron chi connectivity index (χ0n) is 10.7. The molecule has 3 N–H and O–H groups in total. The molecule has 0 aromatic rings. The monoisotopic (exact) mass is 251 g/mol. The van der Waals surface area contributed by atoms with Crippen LogP contribution in [0.15, 0.2) is 0 Å². The summed E-state index contributed by atoms with van der Waals surface area (Å²) in [7, 11) is 0. The number of nitrogens with one attached hydrogen (secondary N) is 1. The van der Waals surface area contributed by atoms with Crippen molar-refractivity contribution < 1.29 is 9.59 Å². The molecular weight excluding hydrogens is 230 g/mol. The van der Waals surface area contributed by atoms with Crippen LogP contribution in [0.25, 0.3) is 0 Å². The van der Waals surface area contributed by atoms with E-state index in [2.05, 4.69) is 5.32 Å². The van der Waals surface area contributed by atoms with Gasteiger partial charge in [0.15, 0.2) is 0 Å². The highest BCUT2D eigenvalue weighted by Crippen LogP contribution is 2.27. The second kappa shape index (κ2) is 7.70. The Labute approximate surface area is 108 Å². The summed E-state index contributed by atoms with van der Waals surface area (Å²) < 4.78 is 0. The average molecular weight is 251 g/mol. The number of carbonyl (C=O) groups excluding carboxylic acids is 2. The molecule has 0 heterocycles. The van der Waals surface area contributed by atoms with Crippen molar-refractivity contribution in [1.82, 2.24) is 5.32 Å². The molecule has 0 spiro atoms. The number of hydrogen-bond donors (Lipinski definition) is 2. The lowest BCUT2D eigenvalue weighted by Crippen LogP contribution is -2.44. The van der Waals surface area contributed by atoms with E-state index >= 15 is 0 Å². The Morgan fingerprint density at radius 1 is 1.39 bits per heavy atom. The van der Waals surface area contributed by atoms with Crippen LogP contribution in [0, 0.1) is 17.2 Å². The molecule has 1 aliphatic carbocycles. The minimum Gasteiger partial charge on any atom is -0.368 e. The van der Waals surface area contributed by atoms with Crippen molar-refractivity contribution in [3.8, 4) is 6.07 Å². The number of primary amides is 1. The summed E-state index contributed by atoms with van der Waals surface area (Å²) in [6.07, 6.45) is 6.47. The van der Waals surface area contributed by atoms with Crippen molar-refractivity contribution in [3.63, 3.8) is 0 Å². The Kier molecular flexibility index (Phi) is 6.20. The van der Waals surface area contributed by atoms with Crippen LogP contribution in [0.2, 0.25) is 0 Å². The molecule has 5 nitrogen and oxygen atoms in total. The van der Waals surface area contributed by atoms with Crippen molar-refractivity contribution in [2.75, 3.05) is 0 Å². The van der Waals surface area contributed by atoms with Crippen LogP contribution >= 0.6 is 0 Å². The third-order valence-electron chi connectivity index (χ3n) is 3.41. The van der Waals surface area contributed by atoms with E-state index in [1.54, 1.807) is 0 Å². The summed E-state index contributed by atoms with van der Waals surface area (Å²) in [5, 5.41) is 11.1. The molecule has 18 heavy (non-hydrogen) atoms. The second-order valence-corrected chi connectivity index (χ2v) is 4.93. The van der Waals surface area contributed by atoms with E-state index in [1.807, 2.05) is 6.07 Å². The maximum Gasteiger partial charge on any atom is 0.240 e. The van der Waals surface area contributed by atoms with E-state index in [0.717, 1.165) is 12.8 Å². The fourth-order valence-electron chi connectivity index (χ4n) is 2.40. The van der Waals surface area contributed by atoms with E-state index < -0.39 is 11.9 Å². The summed E-state index contributed by atoms with van der Waals surface area (Å²) in [4.78, 5) is 23.0. The summed E-state index contributed by atoms with van der Waals surface area (Å²) in [6.45, 7) is 0. The maximum atomic E-state index is 11.8. The average Bonchev–Trinajstić information content (AvgIpc) is 2.80. The zero-order chi connectivity index (χ0) is 13.4. The Morgan fingerprint density at radius 2 is 2.06 bits per heavy atom. The molecule has 1 atom stereocenters. The lowest BCUT2D eigenvalue weighted by molar-refractivity contribution is -0.128. The van der Waals surface area contributed by atoms with Gasteiger partial charge in [-0.2, -0.15) is 5.26 Å². The van der Waals surface area contributed by atoms with Crippen LogP contribution in [-0.4, -0.2) is 17.9 Å². The first-order chi connectivity index (χ1) is 8.63. The Hall–Kier alpha value is -1.57. The van der Waals surface area contributed by atoms with Gasteiger partial charge in [-0.05, 0) is 31.6 Å². The quantitative estimate of drug-likeness (QED) is 0.666. The van der Waals surface area contributed by atoms with E-state index in [0.29, 0.717) is 31.6 Å². The number of nitrogens with two attached hydrogens (primary N) is 1. The summed E-state index contributed by atoms with van der Waals surface area (Å²) in [5.41, 5.74) is 5.24. The molecule has 1 saturated carbocycles. The maximum absolute atomic E-state index is 11.8. The molecule has 0 unspecified atom stereocenters. The van der Waals surface area contributed by atoms with E-state index in [4.69, 9.17) is 11.0 Å². The van der Waals surface area contributed by atoms with Crippen LogP contribution in [0.5, 0.6) is 0 Å². The molecule has 1 rings (SSSR count). The molecule has 5 heteroatoms. The Morgan fingerprint density at radius 3 is 2.61 bits per heavy atom. The molecule has 0 bridgehead atoms. The molecule has 1 aliphatic rings. The zero-order valence-corrected chi connectivity index (χ0v) is 10.7. The van der Waals surface area contributed by atoms with Crippen LogP contribution in [-0.2, 0) is 9.59 Å². The van der Waals surface area contributed by atoms with Crippen molar-refractivity contribution in [3.05, 3.63) is 0 Å². The van der Waals surface area contributed by atoms with Gasteiger partial charge in [-0.3, -0.25) is 9.59 Å². The molecule has 1 fully saturated rings. The highest BCUT2D eigenvalue weighted by molar-refractivity contribution is 5.86. The van der Waals surface area contributed by atoms with Gasteiger partial charge in [0.1, 0.15) is 6.04 Å². The van der Waals surface area contributed by atoms with Crippen molar-refractivity contribution in [2.24, 2.45) is 11.7 Å². The normalized spacial score (nSPS) is 17.1. The predicted octanol–water partition coefficient (Wildman–Crippen LogP) is 1.23. The van der Waals surface area contributed by atoms with Crippen LogP contribution in [0.1, 0.15) is 51.4 Å². The summed E-state index contributed by atoms with van der Waals surface area (Å²) in [6, 6.07) is 1.38. The molecule has 0 aromatic heterocycles. The van der Waals surface area contributed by atoms with Gasteiger partial charge in [-0.15, -0.1) is 0 Å². The van der Waals surface area contributed by atoms with Gasteiger partial charge in [-0.25, -0.2) is 0 Å². The number of unbranched alkanes of at least 4 members (excludes halogenated alkanes) is 1. The smallest absolute Gasteiger partial charge is 0.240 e. The SMILES string of the molecule is N#CCCC[C@H](NC(=O)CC1CCCC1)C(N)=O. The van der Waals surface area contributed by atoms with Gasteiger partial charge in [0.25, 0.3) is 0 Å². The first-order valence-corrected chi connectivity index (χ1v) is 6.59. The first kappa shape index (κ1) is 14.5. The Bertz CT molecular complexity index is 330. The van der Waals surface area contributed by atoms with E-state index in [9.17, 15) is 9.59 Å². The second-order valence-electron chi connectivity index (χ2n) is 4.93. The van der Waals surface area contributed by atoms with E-state index in [-0.39, 0.29) is 5.91 Å². The van der Waals surface area contributed by atoms with Crippen molar-refractivity contribution >= 4 is 11.8 Å². The number of amides is 2. The minimum atomic E-state index is -0.632. The number of rotatable bonds is 7. The lowest BCUT2D eigenvalue weighted by Gasteiger charge is -2.16. The highest BCUT2D eigenvalue weighted by Gasteiger charge is 2.22. The number of nitrogens with zero attached hydrogens (tertiary/aromatic N) is 1. The van der Waals surface area contributed by atoms with Crippen molar-refractivity contribution in [2.45, 2.75) is 57.4 Å². The summed E-state index contributed by atoms with van der Waals surface area (Å²) >= 11 is 0. The standard InChI is InChI=1S/C13H21N3O2/c14-8-4-3-7-11(13(15)18)16-12(17)9-10-5-1-2-6-10/h10-11H,1-7,9H2,(H2,15,18)(H,16,17)/t11-/m0/s1. The molecule has 0 aromatic carbocycles. The van der Waals surface area contributed by atoms with E-state index in [1.165, 1.54) is 12.8 Å². The topological polar surface area (TPSA) is 96.0 Å². The third-order valence-corrected chi connectivity index (χ3v) is 3.41. The molecule has 2 amide bonds. The van der Waals surface area contributed by atoms with Gasteiger partial charge >= 0.3 is 0 Å². The van der Waals surface area contributed by atoms with Crippen molar-refractivity contribution in [1.29, 1.82) is 5.26 Å². The molecule has 0 saturated heterocycles. The molecular formula is C13H21N3O2. The van der Waals surface area contributed by atoms with Crippen LogP contribution < -0.4 is 11.1 Å². The largest absolute Gasteiger partial charge is 0.368 e. The Balaban J connectivity index is 2.32. The van der Waals surface area contributed by atoms with Gasteiger partial charge < -0.3 is 11.1 Å².